The largest absolute Gasteiger partial charge is 0.481 e. The fourth-order valence-corrected chi connectivity index (χ4v) is 3.59. The van der Waals surface area contributed by atoms with Gasteiger partial charge >= 0.3 is 5.97 Å². The Labute approximate surface area is 83.3 Å². The summed E-state index contributed by atoms with van der Waals surface area (Å²) in [5.41, 5.74) is 0.0908. The minimum Gasteiger partial charge on any atom is -0.481 e. The normalized spacial score (nSPS) is 49.2. The monoisotopic (exact) mass is 202 g/mol. The van der Waals surface area contributed by atoms with Crippen LogP contribution in [-0.4, -0.2) is 16.5 Å². The van der Waals surface area contributed by atoms with Crippen LogP contribution in [-0.2, 0) is 4.79 Å². The molecule has 0 spiro atoms. The molecule has 2 rings (SSSR count). The maximum absolute atomic E-state index is 11.0. The second-order valence-corrected chi connectivity index (χ2v) is 5.23. The average Bonchev–Trinajstić information content (AvgIpc) is 2.25. The van der Waals surface area contributed by atoms with Gasteiger partial charge in [-0.25, -0.2) is 0 Å². The third-order valence-corrected chi connectivity index (χ3v) is 4.70. The van der Waals surface area contributed by atoms with Gasteiger partial charge in [0.25, 0.3) is 0 Å². The van der Waals surface area contributed by atoms with Gasteiger partial charge in [-0.3, -0.25) is 4.79 Å². The highest BCUT2D eigenvalue weighted by molar-refractivity contribution is 6.21. The van der Waals surface area contributed by atoms with Crippen molar-refractivity contribution >= 4 is 17.6 Å². The number of hydrogen-bond donors (Lipinski definition) is 1. The molecule has 0 aromatic rings. The molecule has 0 heterocycles. The summed E-state index contributed by atoms with van der Waals surface area (Å²) in [7, 11) is 0. The van der Waals surface area contributed by atoms with Crippen molar-refractivity contribution in [1.29, 1.82) is 0 Å². The Morgan fingerprint density at radius 3 is 2.85 bits per heavy atom. The zero-order valence-electron chi connectivity index (χ0n) is 7.79. The number of alkyl halides is 1. The average molecular weight is 203 g/mol. The Hall–Kier alpha value is -0.240. The van der Waals surface area contributed by atoms with Crippen LogP contribution in [0.5, 0.6) is 0 Å². The van der Waals surface area contributed by atoms with E-state index in [1.54, 1.807) is 0 Å². The molecule has 2 saturated carbocycles. The van der Waals surface area contributed by atoms with E-state index >= 15 is 0 Å². The molecule has 0 saturated heterocycles. The van der Waals surface area contributed by atoms with Crippen LogP contribution >= 0.6 is 11.6 Å². The number of fused-ring (bicyclic) bond motifs is 2. The van der Waals surface area contributed by atoms with Crippen molar-refractivity contribution in [1.82, 2.24) is 0 Å². The van der Waals surface area contributed by atoms with E-state index < -0.39 is 5.97 Å². The van der Waals surface area contributed by atoms with Gasteiger partial charge in [0.1, 0.15) is 0 Å². The van der Waals surface area contributed by atoms with E-state index in [2.05, 4.69) is 6.92 Å². The van der Waals surface area contributed by atoms with E-state index in [0.29, 0.717) is 0 Å². The van der Waals surface area contributed by atoms with Crippen LogP contribution in [0.15, 0.2) is 0 Å². The Balaban J connectivity index is 2.26. The Kier molecular flexibility index (Phi) is 2.06. The van der Waals surface area contributed by atoms with Gasteiger partial charge in [0.05, 0.1) is 5.92 Å². The molecule has 0 amide bonds. The molecule has 0 aromatic heterocycles. The molecule has 0 aliphatic heterocycles. The van der Waals surface area contributed by atoms with Gasteiger partial charge in [-0.2, -0.15) is 0 Å². The summed E-state index contributed by atoms with van der Waals surface area (Å²) >= 11 is 6.30. The lowest BCUT2D eigenvalue weighted by Crippen LogP contribution is -2.31. The van der Waals surface area contributed by atoms with Crippen LogP contribution in [0.1, 0.15) is 32.6 Å². The molecule has 4 atom stereocenters. The summed E-state index contributed by atoms with van der Waals surface area (Å²) in [4.78, 5) is 11.0. The van der Waals surface area contributed by atoms with Gasteiger partial charge in [-0.1, -0.05) is 13.3 Å². The van der Waals surface area contributed by atoms with E-state index in [1.165, 1.54) is 0 Å². The van der Waals surface area contributed by atoms with Crippen LogP contribution in [0.3, 0.4) is 0 Å². The topological polar surface area (TPSA) is 37.3 Å². The first-order valence-electron chi connectivity index (χ1n) is 4.91. The number of hydrogen-bond acceptors (Lipinski definition) is 1. The summed E-state index contributed by atoms with van der Waals surface area (Å²) < 4.78 is 0. The first-order valence-corrected chi connectivity index (χ1v) is 5.35. The van der Waals surface area contributed by atoms with Gasteiger partial charge in [-0.15, -0.1) is 11.6 Å². The zero-order valence-corrected chi connectivity index (χ0v) is 8.55. The molecule has 0 radical (unpaired) electrons. The molecule has 74 valence electrons. The molecule has 2 bridgehead atoms. The Morgan fingerprint density at radius 1 is 1.62 bits per heavy atom. The number of halogens is 1. The van der Waals surface area contributed by atoms with Crippen LogP contribution in [0.2, 0.25) is 0 Å². The van der Waals surface area contributed by atoms with Crippen molar-refractivity contribution < 1.29 is 9.90 Å². The highest BCUT2D eigenvalue weighted by atomic mass is 35.5. The standard InChI is InChI=1S/C10H15ClO2/c1-10-4-2-3-6(8(10)11)7(5-10)9(12)13/h6-8H,2-5H2,1H3,(H,12,13)/t6-,7+,8-,10+/m1/s1. The first-order chi connectivity index (χ1) is 6.04. The van der Waals surface area contributed by atoms with Crippen LogP contribution in [0, 0.1) is 17.3 Å². The van der Waals surface area contributed by atoms with Gasteiger partial charge in [0.2, 0.25) is 0 Å². The van der Waals surface area contributed by atoms with Crippen molar-refractivity contribution in [3.63, 3.8) is 0 Å². The van der Waals surface area contributed by atoms with Gasteiger partial charge < -0.3 is 5.11 Å². The van der Waals surface area contributed by atoms with E-state index in [9.17, 15) is 4.79 Å². The highest BCUT2D eigenvalue weighted by Crippen LogP contribution is 2.56. The summed E-state index contributed by atoms with van der Waals surface area (Å²) in [5, 5.41) is 9.12. The number of carboxylic acid groups (broad SMARTS) is 1. The minimum absolute atomic E-state index is 0.0855. The fraction of sp³-hybridized carbons (Fsp3) is 0.900. The maximum atomic E-state index is 11.0. The molecule has 2 aliphatic carbocycles. The molecule has 0 unspecified atom stereocenters. The summed E-state index contributed by atoms with van der Waals surface area (Å²) in [6, 6.07) is 0. The maximum Gasteiger partial charge on any atom is 0.306 e. The number of aliphatic carboxylic acids is 1. The predicted molar refractivity (Wildman–Crippen MR) is 50.8 cm³/mol. The fourth-order valence-electron chi connectivity index (χ4n) is 3.09. The van der Waals surface area contributed by atoms with Gasteiger partial charge in [0, 0.05) is 5.38 Å². The number of carboxylic acids is 1. The van der Waals surface area contributed by atoms with Crippen LogP contribution in [0.25, 0.3) is 0 Å². The minimum atomic E-state index is -0.652. The molecule has 3 heteroatoms. The van der Waals surface area contributed by atoms with E-state index in [4.69, 9.17) is 16.7 Å². The molecule has 0 aromatic carbocycles. The van der Waals surface area contributed by atoms with Crippen LogP contribution < -0.4 is 0 Å². The first kappa shape index (κ1) is 9.32. The molecule has 2 aliphatic rings. The zero-order chi connectivity index (χ0) is 9.64. The van der Waals surface area contributed by atoms with Crippen molar-refractivity contribution in [2.75, 3.05) is 0 Å². The lowest BCUT2D eigenvalue weighted by atomic mass is 9.77. The van der Waals surface area contributed by atoms with Crippen molar-refractivity contribution in [2.45, 2.75) is 38.0 Å². The van der Waals surface area contributed by atoms with Gasteiger partial charge in [-0.05, 0) is 30.6 Å². The molecule has 2 nitrogen and oxygen atoms in total. The number of carbonyl (C=O) groups is 1. The van der Waals surface area contributed by atoms with Crippen molar-refractivity contribution in [3.05, 3.63) is 0 Å². The van der Waals surface area contributed by atoms with Crippen molar-refractivity contribution in [3.8, 4) is 0 Å². The lowest BCUT2D eigenvalue weighted by molar-refractivity contribution is -0.143. The van der Waals surface area contributed by atoms with Crippen molar-refractivity contribution in [2.24, 2.45) is 17.3 Å². The third kappa shape index (κ3) is 1.26. The number of rotatable bonds is 1. The third-order valence-electron chi connectivity index (χ3n) is 3.85. The van der Waals surface area contributed by atoms with E-state index in [-0.39, 0.29) is 22.6 Å². The summed E-state index contributed by atoms with van der Waals surface area (Å²) in [6.07, 6.45) is 4.03. The molecule has 1 N–H and O–H groups in total. The highest BCUT2D eigenvalue weighted by Gasteiger charge is 2.54. The van der Waals surface area contributed by atoms with E-state index in [0.717, 1.165) is 25.7 Å². The smallest absolute Gasteiger partial charge is 0.306 e. The Morgan fingerprint density at radius 2 is 2.31 bits per heavy atom. The quantitative estimate of drug-likeness (QED) is 0.664. The predicted octanol–water partition coefficient (Wildman–Crippen LogP) is 2.50. The molecule has 13 heavy (non-hydrogen) atoms. The second kappa shape index (κ2) is 2.88. The van der Waals surface area contributed by atoms with Gasteiger partial charge in [0.15, 0.2) is 0 Å². The van der Waals surface area contributed by atoms with E-state index in [1.807, 2.05) is 0 Å². The summed E-state index contributed by atoms with van der Waals surface area (Å²) in [5.74, 6) is -0.616. The Bertz CT molecular complexity index is 241. The SMILES string of the molecule is C[C@]12CCC[C@H]([C@@H](C(=O)O)C1)[C@H]2Cl. The molecular formula is C10H15ClO2. The molecule has 2 fully saturated rings. The summed E-state index contributed by atoms with van der Waals surface area (Å²) in [6.45, 7) is 2.14. The second-order valence-electron chi connectivity index (χ2n) is 4.76. The lowest BCUT2D eigenvalue weighted by Gasteiger charge is -2.34. The van der Waals surface area contributed by atoms with Crippen LogP contribution in [0.4, 0.5) is 0 Å². The molecular weight excluding hydrogens is 188 g/mol.